The zero-order valence-corrected chi connectivity index (χ0v) is 12.8. The van der Waals surface area contributed by atoms with Gasteiger partial charge in [0.15, 0.2) is 0 Å². The lowest BCUT2D eigenvalue weighted by atomic mass is 10.3. The van der Waals surface area contributed by atoms with E-state index in [1.807, 2.05) is 29.1 Å². The summed E-state index contributed by atoms with van der Waals surface area (Å²) in [5.41, 5.74) is 1.93. The molecule has 0 N–H and O–H groups in total. The van der Waals surface area contributed by atoms with E-state index in [0.29, 0.717) is 12.6 Å². The smallest absolute Gasteiger partial charge is 0.138 e. The highest BCUT2D eigenvalue weighted by molar-refractivity contribution is 9.08. The molecule has 0 aliphatic heterocycles. The van der Waals surface area contributed by atoms with Crippen molar-refractivity contribution < 1.29 is 4.74 Å². The van der Waals surface area contributed by atoms with Gasteiger partial charge in [0.1, 0.15) is 12.4 Å². The first-order valence-corrected chi connectivity index (χ1v) is 7.52. The van der Waals surface area contributed by atoms with Crippen LogP contribution in [0.4, 0.5) is 0 Å². The number of pyridine rings is 1. The lowest BCUT2D eigenvalue weighted by Gasteiger charge is -2.08. The Morgan fingerprint density at radius 3 is 2.79 bits per heavy atom. The van der Waals surface area contributed by atoms with E-state index in [9.17, 15) is 0 Å². The summed E-state index contributed by atoms with van der Waals surface area (Å²) in [5.74, 6) is 0.766. The molecule has 2 aromatic rings. The lowest BCUT2D eigenvalue weighted by Crippen LogP contribution is -2.05. The standard InChI is InChI=1S/C14H18BrN3O/c1-3-11(2)18-7-6-13(17-18)10-19-14-5-4-12(8-15)16-9-14/h4-7,9,11H,3,8,10H2,1-2H3. The van der Waals surface area contributed by atoms with Crippen LogP contribution in [-0.4, -0.2) is 14.8 Å². The van der Waals surface area contributed by atoms with E-state index in [-0.39, 0.29) is 0 Å². The van der Waals surface area contributed by atoms with Crippen molar-refractivity contribution in [3.8, 4) is 5.75 Å². The average Bonchev–Trinajstić information content (AvgIpc) is 2.93. The van der Waals surface area contributed by atoms with Gasteiger partial charge in [-0.25, -0.2) is 0 Å². The number of nitrogens with zero attached hydrogens (tertiary/aromatic N) is 3. The molecule has 2 heterocycles. The zero-order valence-electron chi connectivity index (χ0n) is 11.2. The number of rotatable bonds is 6. The first kappa shape index (κ1) is 14.1. The van der Waals surface area contributed by atoms with Crippen molar-refractivity contribution in [1.82, 2.24) is 14.8 Å². The van der Waals surface area contributed by atoms with Crippen LogP contribution in [0.2, 0.25) is 0 Å². The molecule has 0 fully saturated rings. The molecule has 0 aliphatic carbocycles. The van der Waals surface area contributed by atoms with Crippen molar-refractivity contribution in [2.24, 2.45) is 0 Å². The highest BCUT2D eigenvalue weighted by Crippen LogP contribution is 2.14. The summed E-state index contributed by atoms with van der Waals surface area (Å²) in [5, 5.41) is 5.25. The van der Waals surface area contributed by atoms with E-state index >= 15 is 0 Å². The quantitative estimate of drug-likeness (QED) is 0.760. The van der Waals surface area contributed by atoms with Crippen LogP contribution in [0.25, 0.3) is 0 Å². The summed E-state index contributed by atoms with van der Waals surface area (Å²) in [4.78, 5) is 4.26. The second kappa shape index (κ2) is 6.70. The van der Waals surface area contributed by atoms with Gasteiger partial charge in [0.25, 0.3) is 0 Å². The number of ether oxygens (including phenoxy) is 1. The number of hydrogen-bond acceptors (Lipinski definition) is 3. The van der Waals surface area contributed by atoms with Crippen LogP contribution in [-0.2, 0) is 11.9 Å². The Kier molecular flexibility index (Phi) is 4.96. The molecule has 4 nitrogen and oxygen atoms in total. The van der Waals surface area contributed by atoms with Crippen LogP contribution >= 0.6 is 15.9 Å². The fourth-order valence-electron chi connectivity index (χ4n) is 1.62. The van der Waals surface area contributed by atoms with E-state index in [2.05, 4.69) is 39.9 Å². The number of hydrogen-bond donors (Lipinski definition) is 0. The van der Waals surface area contributed by atoms with E-state index in [4.69, 9.17) is 4.74 Å². The Hall–Kier alpha value is -1.36. The lowest BCUT2D eigenvalue weighted by molar-refractivity contribution is 0.297. The Morgan fingerprint density at radius 1 is 1.32 bits per heavy atom. The molecule has 1 unspecified atom stereocenters. The predicted molar refractivity (Wildman–Crippen MR) is 78.4 cm³/mol. The van der Waals surface area contributed by atoms with Gasteiger partial charge in [-0.1, -0.05) is 22.9 Å². The molecule has 102 valence electrons. The van der Waals surface area contributed by atoms with Gasteiger partial charge in [0.05, 0.1) is 17.6 Å². The third-order valence-corrected chi connectivity index (χ3v) is 3.60. The molecule has 19 heavy (non-hydrogen) atoms. The maximum Gasteiger partial charge on any atom is 0.138 e. The Morgan fingerprint density at radius 2 is 2.16 bits per heavy atom. The molecule has 0 aliphatic rings. The van der Waals surface area contributed by atoms with Gasteiger partial charge in [0, 0.05) is 17.6 Å². The number of halogens is 1. The summed E-state index contributed by atoms with van der Waals surface area (Å²) in [6.45, 7) is 4.78. The summed E-state index contributed by atoms with van der Waals surface area (Å²) < 4.78 is 7.64. The van der Waals surface area contributed by atoms with Gasteiger partial charge in [-0.15, -0.1) is 0 Å². The molecule has 0 spiro atoms. The number of alkyl halides is 1. The first-order valence-electron chi connectivity index (χ1n) is 6.40. The summed E-state index contributed by atoms with van der Waals surface area (Å²) >= 11 is 3.36. The topological polar surface area (TPSA) is 39.9 Å². The minimum Gasteiger partial charge on any atom is -0.486 e. The van der Waals surface area contributed by atoms with Crippen molar-refractivity contribution in [2.45, 2.75) is 38.2 Å². The fraction of sp³-hybridized carbons (Fsp3) is 0.429. The summed E-state index contributed by atoms with van der Waals surface area (Å²) in [6, 6.07) is 6.29. The molecule has 2 rings (SSSR count). The fourth-order valence-corrected chi connectivity index (χ4v) is 1.95. The van der Waals surface area contributed by atoms with Crippen molar-refractivity contribution in [3.63, 3.8) is 0 Å². The third-order valence-electron chi connectivity index (χ3n) is 3.03. The van der Waals surface area contributed by atoms with E-state index in [1.165, 1.54) is 0 Å². The van der Waals surface area contributed by atoms with Gasteiger partial charge >= 0.3 is 0 Å². The maximum absolute atomic E-state index is 5.66. The van der Waals surface area contributed by atoms with Crippen LogP contribution in [0.5, 0.6) is 5.75 Å². The molecular weight excluding hydrogens is 306 g/mol. The van der Waals surface area contributed by atoms with E-state index in [0.717, 1.165) is 28.9 Å². The molecule has 2 aromatic heterocycles. The van der Waals surface area contributed by atoms with Gasteiger partial charge in [-0.2, -0.15) is 5.10 Å². The minimum atomic E-state index is 0.425. The van der Waals surface area contributed by atoms with Crippen LogP contribution in [0, 0.1) is 0 Å². The van der Waals surface area contributed by atoms with Crippen LogP contribution in [0.1, 0.15) is 37.7 Å². The molecule has 0 aromatic carbocycles. The monoisotopic (exact) mass is 323 g/mol. The largest absolute Gasteiger partial charge is 0.486 e. The SMILES string of the molecule is CCC(C)n1ccc(COc2ccc(CBr)nc2)n1. The van der Waals surface area contributed by atoms with Crippen molar-refractivity contribution in [1.29, 1.82) is 0 Å². The molecule has 0 amide bonds. The Balaban J connectivity index is 1.92. The molecule has 5 heteroatoms. The van der Waals surface area contributed by atoms with Gasteiger partial charge < -0.3 is 4.74 Å². The van der Waals surface area contributed by atoms with E-state index < -0.39 is 0 Å². The molecule has 0 saturated carbocycles. The molecule has 1 atom stereocenters. The average molecular weight is 324 g/mol. The maximum atomic E-state index is 5.66. The van der Waals surface area contributed by atoms with Crippen molar-refractivity contribution in [3.05, 3.63) is 42.0 Å². The second-order valence-electron chi connectivity index (χ2n) is 4.45. The van der Waals surface area contributed by atoms with Crippen molar-refractivity contribution >= 4 is 15.9 Å². The van der Waals surface area contributed by atoms with Gasteiger partial charge in [-0.3, -0.25) is 9.67 Å². The molecule has 0 bridgehead atoms. The van der Waals surface area contributed by atoms with Crippen LogP contribution in [0.3, 0.4) is 0 Å². The number of aromatic nitrogens is 3. The van der Waals surface area contributed by atoms with Gasteiger partial charge in [-0.05, 0) is 31.5 Å². The second-order valence-corrected chi connectivity index (χ2v) is 5.01. The summed E-state index contributed by atoms with van der Waals surface area (Å²) in [7, 11) is 0. The van der Waals surface area contributed by atoms with E-state index in [1.54, 1.807) is 6.20 Å². The molecule has 0 saturated heterocycles. The highest BCUT2D eigenvalue weighted by Gasteiger charge is 2.05. The summed E-state index contributed by atoms with van der Waals surface area (Å²) in [6.07, 6.45) is 4.81. The molecule has 0 radical (unpaired) electrons. The normalized spacial score (nSPS) is 12.4. The Labute approximate surface area is 121 Å². The third kappa shape index (κ3) is 3.80. The Bertz CT molecular complexity index is 510. The first-order chi connectivity index (χ1) is 9.22. The molecular formula is C14H18BrN3O. The van der Waals surface area contributed by atoms with Crippen LogP contribution < -0.4 is 4.74 Å². The predicted octanol–water partition coefficient (Wildman–Crippen LogP) is 3.72. The van der Waals surface area contributed by atoms with Crippen molar-refractivity contribution in [2.75, 3.05) is 0 Å². The minimum absolute atomic E-state index is 0.425. The zero-order chi connectivity index (χ0) is 13.7. The highest BCUT2D eigenvalue weighted by atomic mass is 79.9. The van der Waals surface area contributed by atoms with Crippen LogP contribution in [0.15, 0.2) is 30.6 Å². The van der Waals surface area contributed by atoms with Gasteiger partial charge in [0.2, 0.25) is 0 Å².